The van der Waals surface area contributed by atoms with Crippen LogP contribution >= 0.6 is 27.3 Å². The summed E-state index contributed by atoms with van der Waals surface area (Å²) in [5.41, 5.74) is 2.52. The fraction of sp³-hybridized carbons (Fsp3) is 0.333. The van der Waals surface area contributed by atoms with Crippen LogP contribution in [0.25, 0.3) is 5.57 Å². The molecule has 0 aromatic carbocycles. The number of aliphatic hydroxyl groups is 1. The Balaban J connectivity index is 2.32. The molecule has 1 aliphatic rings. The van der Waals surface area contributed by atoms with Gasteiger partial charge in [0, 0.05) is 15.4 Å². The fourth-order valence-electron chi connectivity index (χ4n) is 1.44. The first-order valence-corrected chi connectivity index (χ1v) is 5.62. The van der Waals surface area contributed by atoms with Crippen molar-refractivity contribution in [2.75, 3.05) is 0 Å². The maximum absolute atomic E-state index is 9.30. The van der Waals surface area contributed by atoms with Crippen molar-refractivity contribution in [3.8, 4) is 0 Å². The summed E-state index contributed by atoms with van der Waals surface area (Å²) in [6.07, 6.45) is 3.59. The first-order chi connectivity index (χ1) is 5.77. The second kappa shape index (κ2) is 3.32. The number of hydrogen-bond donors (Lipinski definition) is 1. The number of halogens is 1. The molecule has 0 bridgehead atoms. The molecule has 0 fully saturated rings. The van der Waals surface area contributed by atoms with Gasteiger partial charge >= 0.3 is 0 Å². The summed E-state index contributed by atoms with van der Waals surface area (Å²) in [7, 11) is 0. The Morgan fingerprint density at radius 3 is 2.83 bits per heavy atom. The monoisotopic (exact) mass is 244 g/mol. The molecule has 1 aliphatic carbocycles. The third-order valence-electron chi connectivity index (χ3n) is 2.06. The highest BCUT2D eigenvalue weighted by Gasteiger charge is 2.16. The Morgan fingerprint density at radius 1 is 1.50 bits per heavy atom. The third-order valence-corrected chi connectivity index (χ3v) is 3.77. The Morgan fingerprint density at radius 2 is 2.33 bits per heavy atom. The summed E-state index contributed by atoms with van der Waals surface area (Å²) in [5, 5.41) is 13.5. The van der Waals surface area contributed by atoms with Crippen molar-refractivity contribution >= 4 is 32.8 Å². The molecule has 64 valence electrons. The van der Waals surface area contributed by atoms with Gasteiger partial charge < -0.3 is 5.11 Å². The lowest BCUT2D eigenvalue weighted by Crippen LogP contribution is -1.93. The van der Waals surface area contributed by atoms with Gasteiger partial charge in [-0.2, -0.15) is 11.3 Å². The topological polar surface area (TPSA) is 20.2 Å². The molecule has 1 nitrogen and oxygen atoms in total. The van der Waals surface area contributed by atoms with E-state index in [4.69, 9.17) is 0 Å². The summed E-state index contributed by atoms with van der Waals surface area (Å²) in [6, 6.07) is 0. The molecular weight excluding hydrogens is 236 g/mol. The van der Waals surface area contributed by atoms with Gasteiger partial charge in [0.2, 0.25) is 0 Å². The summed E-state index contributed by atoms with van der Waals surface area (Å²) < 4.78 is 1.15. The minimum absolute atomic E-state index is 0.230. The predicted molar refractivity (Wildman–Crippen MR) is 55.2 cm³/mol. The molecule has 1 aromatic rings. The van der Waals surface area contributed by atoms with Gasteiger partial charge in [0.25, 0.3) is 0 Å². The van der Waals surface area contributed by atoms with Crippen LogP contribution in [-0.2, 0) is 0 Å². The van der Waals surface area contributed by atoms with Gasteiger partial charge in [0.1, 0.15) is 0 Å². The molecular formula is C9H9BrOS. The van der Waals surface area contributed by atoms with Crippen LogP contribution in [0, 0.1) is 0 Å². The highest BCUT2D eigenvalue weighted by Crippen LogP contribution is 2.34. The smallest absolute Gasteiger partial charge is 0.0730 e. The molecule has 1 unspecified atom stereocenters. The van der Waals surface area contributed by atoms with Crippen LogP contribution in [0.1, 0.15) is 18.4 Å². The van der Waals surface area contributed by atoms with E-state index in [-0.39, 0.29) is 6.10 Å². The minimum atomic E-state index is -0.230. The second-order valence-electron chi connectivity index (χ2n) is 2.93. The van der Waals surface area contributed by atoms with Crippen LogP contribution in [0.4, 0.5) is 0 Å². The molecule has 12 heavy (non-hydrogen) atoms. The molecule has 3 heteroatoms. The fourth-order valence-corrected chi connectivity index (χ4v) is 3.01. The lowest BCUT2D eigenvalue weighted by Gasteiger charge is -1.97. The Kier molecular flexibility index (Phi) is 2.35. The summed E-state index contributed by atoms with van der Waals surface area (Å²) >= 11 is 5.17. The van der Waals surface area contributed by atoms with Crippen molar-refractivity contribution in [3.63, 3.8) is 0 Å². The number of allylic oxidation sites excluding steroid dienone is 1. The van der Waals surface area contributed by atoms with Crippen LogP contribution in [0.15, 0.2) is 21.3 Å². The van der Waals surface area contributed by atoms with Crippen LogP contribution in [0.2, 0.25) is 0 Å². The number of aliphatic hydroxyl groups excluding tert-OH is 1. The summed E-state index contributed by atoms with van der Waals surface area (Å²) in [4.78, 5) is 0. The third kappa shape index (κ3) is 1.49. The summed E-state index contributed by atoms with van der Waals surface area (Å²) in [5.74, 6) is 0. The molecule has 0 saturated carbocycles. The first kappa shape index (κ1) is 8.48. The quantitative estimate of drug-likeness (QED) is 0.806. The largest absolute Gasteiger partial charge is 0.389 e. The predicted octanol–water partition coefficient (Wildman–Crippen LogP) is 3.05. The molecule has 0 saturated heterocycles. The van der Waals surface area contributed by atoms with Gasteiger partial charge in [-0.3, -0.25) is 0 Å². The van der Waals surface area contributed by atoms with Crippen LogP contribution in [-0.4, -0.2) is 11.2 Å². The van der Waals surface area contributed by atoms with Gasteiger partial charge in [0.15, 0.2) is 0 Å². The SMILES string of the molecule is OC1C=C(c2cscc2Br)CC1. The average molecular weight is 245 g/mol. The maximum Gasteiger partial charge on any atom is 0.0730 e. The van der Waals surface area contributed by atoms with Crippen LogP contribution in [0.5, 0.6) is 0 Å². The molecule has 2 rings (SSSR count). The number of thiophene rings is 1. The van der Waals surface area contributed by atoms with E-state index in [2.05, 4.69) is 26.7 Å². The molecule has 1 aromatic heterocycles. The van der Waals surface area contributed by atoms with Gasteiger partial charge in [-0.1, -0.05) is 6.08 Å². The summed E-state index contributed by atoms with van der Waals surface area (Å²) in [6.45, 7) is 0. The van der Waals surface area contributed by atoms with Crippen LogP contribution in [0.3, 0.4) is 0 Å². The molecule has 0 radical (unpaired) electrons. The van der Waals surface area contributed by atoms with E-state index in [1.807, 2.05) is 6.08 Å². The highest BCUT2D eigenvalue weighted by molar-refractivity contribution is 9.10. The first-order valence-electron chi connectivity index (χ1n) is 3.88. The molecule has 0 aliphatic heterocycles. The van der Waals surface area contributed by atoms with Gasteiger partial charge in [0.05, 0.1) is 6.10 Å². The van der Waals surface area contributed by atoms with Crippen LogP contribution < -0.4 is 0 Å². The average Bonchev–Trinajstić information content (AvgIpc) is 2.58. The zero-order chi connectivity index (χ0) is 8.55. The Labute approximate surface area is 83.9 Å². The van der Waals surface area contributed by atoms with Gasteiger partial charge in [-0.05, 0) is 39.7 Å². The van der Waals surface area contributed by atoms with Crippen molar-refractivity contribution in [1.82, 2.24) is 0 Å². The minimum Gasteiger partial charge on any atom is -0.389 e. The lowest BCUT2D eigenvalue weighted by molar-refractivity contribution is 0.223. The van der Waals surface area contributed by atoms with Gasteiger partial charge in [-0.15, -0.1) is 0 Å². The van der Waals surface area contributed by atoms with E-state index in [1.54, 1.807) is 11.3 Å². The standard InChI is InChI=1S/C9H9BrOS/c10-9-5-12-4-8(9)6-1-2-7(11)3-6/h3-5,7,11H,1-2H2. The van der Waals surface area contributed by atoms with Crippen molar-refractivity contribution in [1.29, 1.82) is 0 Å². The highest BCUT2D eigenvalue weighted by atomic mass is 79.9. The lowest BCUT2D eigenvalue weighted by atomic mass is 10.1. The van der Waals surface area contributed by atoms with Crippen molar-refractivity contribution < 1.29 is 5.11 Å². The Bertz CT molecular complexity index is 316. The van der Waals surface area contributed by atoms with Gasteiger partial charge in [-0.25, -0.2) is 0 Å². The number of rotatable bonds is 1. The molecule has 1 heterocycles. The molecule has 1 atom stereocenters. The van der Waals surface area contributed by atoms with Crippen molar-refractivity contribution in [2.24, 2.45) is 0 Å². The van der Waals surface area contributed by atoms with E-state index in [0.29, 0.717) is 0 Å². The van der Waals surface area contributed by atoms with E-state index in [1.165, 1.54) is 11.1 Å². The Hall–Kier alpha value is -0.120. The second-order valence-corrected chi connectivity index (χ2v) is 4.53. The van der Waals surface area contributed by atoms with E-state index in [0.717, 1.165) is 17.3 Å². The van der Waals surface area contributed by atoms with Crippen molar-refractivity contribution in [3.05, 3.63) is 26.9 Å². The maximum atomic E-state index is 9.30. The molecule has 1 N–H and O–H groups in total. The zero-order valence-corrected chi connectivity index (χ0v) is 8.86. The molecule has 0 amide bonds. The normalized spacial score (nSPS) is 22.8. The van der Waals surface area contributed by atoms with E-state index >= 15 is 0 Å². The van der Waals surface area contributed by atoms with E-state index in [9.17, 15) is 5.11 Å². The van der Waals surface area contributed by atoms with Crippen molar-refractivity contribution in [2.45, 2.75) is 18.9 Å². The van der Waals surface area contributed by atoms with E-state index < -0.39 is 0 Å². The zero-order valence-electron chi connectivity index (χ0n) is 6.46. The number of hydrogen-bond acceptors (Lipinski definition) is 2. The molecule has 0 spiro atoms.